The van der Waals surface area contributed by atoms with Gasteiger partial charge in [-0.3, -0.25) is 9.59 Å². The van der Waals surface area contributed by atoms with E-state index in [-0.39, 0.29) is 16.5 Å². The number of nitrogens with two attached hydrogens (primary N) is 1. The van der Waals surface area contributed by atoms with E-state index in [9.17, 15) is 9.59 Å². The molecule has 0 aliphatic heterocycles. The minimum atomic E-state index is -0.618. The minimum absolute atomic E-state index is 0.103. The van der Waals surface area contributed by atoms with Gasteiger partial charge in [0.05, 0.1) is 10.6 Å². The van der Waals surface area contributed by atoms with Crippen molar-refractivity contribution in [2.75, 3.05) is 11.9 Å². The third-order valence-electron chi connectivity index (χ3n) is 2.65. The van der Waals surface area contributed by atoms with E-state index in [1.807, 2.05) is 0 Å². The van der Waals surface area contributed by atoms with Gasteiger partial charge < -0.3 is 16.4 Å². The van der Waals surface area contributed by atoms with Crippen LogP contribution in [0.25, 0.3) is 0 Å². The molecule has 0 atom stereocenters. The molecule has 1 aromatic carbocycles. The highest BCUT2D eigenvalue weighted by atomic mass is 35.5. The highest BCUT2D eigenvalue weighted by molar-refractivity contribution is 6.33. The van der Waals surface area contributed by atoms with Crippen LogP contribution in [0.15, 0.2) is 18.2 Å². The lowest BCUT2D eigenvalue weighted by atomic mass is 10.2. The zero-order valence-corrected chi connectivity index (χ0v) is 12.5. The lowest BCUT2D eigenvalue weighted by molar-refractivity contribution is -0.116. The first-order valence-corrected chi connectivity index (χ1v) is 6.90. The van der Waals surface area contributed by atoms with Crippen molar-refractivity contribution in [2.24, 2.45) is 5.73 Å². The Kier molecular flexibility index (Phi) is 6.48. The zero-order chi connectivity index (χ0) is 15.1. The fourth-order valence-electron chi connectivity index (χ4n) is 1.66. The smallest absolute Gasteiger partial charge is 0.250 e. The Hall–Kier alpha value is -1.59. The van der Waals surface area contributed by atoms with Crippen molar-refractivity contribution in [2.45, 2.75) is 32.7 Å². The molecule has 110 valence electrons. The van der Waals surface area contributed by atoms with E-state index in [4.69, 9.17) is 17.3 Å². The van der Waals surface area contributed by atoms with Crippen molar-refractivity contribution in [3.63, 3.8) is 0 Å². The number of halogens is 1. The predicted molar refractivity (Wildman–Crippen MR) is 81.0 cm³/mol. The van der Waals surface area contributed by atoms with Crippen molar-refractivity contribution >= 4 is 29.1 Å². The van der Waals surface area contributed by atoms with Crippen LogP contribution < -0.4 is 16.4 Å². The molecule has 2 amide bonds. The first-order valence-electron chi connectivity index (χ1n) is 6.52. The van der Waals surface area contributed by atoms with Gasteiger partial charge in [-0.05, 0) is 31.2 Å². The predicted octanol–water partition coefficient (Wildman–Crippen LogP) is 2.16. The quantitative estimate of drug-likeness (QED) is 0.674. The first kappa shape index (κ1) is 16.5. The van der Waals surface area contributed by atoms with Gasteiger partial charge in [0.15, 0.2) is 0 Å². The Bertz CT molecular complexity index is 489. The molecule has 0 unspecified atom stereocenters. The molecule has 0 radical (unpaired) electrons. The third-order valence-corrected chi connectivity index (χ3v) is 2.98. The van der Waals surface area contributed by atoms with Crippen LogP contribution in [0.4, 0.5) is 5.69 Å². The number of primary amides is 1. The summed E-state index contributed by atoms with van der Waals surface area (Å²) in [7, 11) is 0. The van der Waals surface area contributed by atoms with Gasteiger partial charge >= 0.3 is 0 Å². The molecule has 0 heterocycles. The van der Waals surface area contributed by atoms with Crippen molar-refractivity contribution in [3.05, 3.63) is 28.8 Å². The van der Waals surface area contributed by atoms with Crippen LogP contribution in [0, 0.1) is 0 Å². The number of carbonyl (C=O) groups excluding carboxylic acids is 2. The number of anilines is 1. The van der Waals surface area contributed by atoms with Crippen LogP contribution in [0.1, 0.15) is 37.0 Å². The molecule has 0 aliphatic carbocycles. The Balaban J connectivity index is 2.50. The molecule has 0 saturated heterocycles. The number of rotatable bonds is 7. The van der Waals surface area contributed by atoms with E-state index in [1.165, 1.54) is 12.1 Å². The van der Waals surface area contributed by atoms with Gasteiger partial charge in [0, 0.05) is 18.2 Å². The monoisotopic (exact) mass is 297 g/mol. The summed E-state index contributed by atoms with van der Waals surface area (Å²) >= 11 is 5.84. The van der Waals surface area contributed by atoms with E-state index in [2.05, 4.69) is 24.5 Å². The molecule has 4 N–H and O–H groups in total. The topological polar surface area (TPSA) is 84.2 Å². The van der Waals surface area contributed by atoms with Gasteiger partial charge in [0.25, 0.3) is 0 Å². The molecule has 1 rings (SSSR count). The second-order valence-electron chi connectivity index (χ2n) is 4.82. The van der Waals surface area contributed by atoms with Gasteiger partial charge in [0.2, 0.25) is 11.8 Å². The minimum Gasteiger partial charge on any atom is -0.366 e. The number of hydrogen-bond donors (Lipinski definition) is 3. The highest BCUT2D eigenvalue weighted by Crippen LogP contribution is 2.20. The van der Waals surface area contributed by atoms with E-state index in [0.29, 0.717) is 18.2 Å². The first-order chi connectivity index (χ1) is 9.40. The molecule has 0 aromatic heterocycles. The largest absolute Gasteiger partial charge is 0.366 e. The summed E-state index contributed by atoms with van der Waals surface area (Å²) < 4.78 is 0. The van der Waals surface area contributed by atoms with Crippen molar-refractivity contribution in [3.8, 4) is 0 Å². The van der Waals surface area contributed by atoms with Crippen LogP contribution in [0.3, 0.4) is 0 Å². The van der Waals surface area contributed by atoms with Crippen LogP contribution in [-0.2, 0) is 4.79 Å². The van der Waals surface area contributed by atoms with E-state index >= 15 is 0 Å². The molecule has 6 heteroatoms. The summed E-state index contributed by atoms with van der Waals surface area (Å²) in [6.07, 6.45) is 1.16. The molecule has 1 aromatic rings. The molecular weight excluding hydrogens is 278 g/mol. The summed E-state index contributed by atoms with van der Waals surface area (Å²) in [6, 6.07) is 5.07. The van der Waals surface area contributed by atoms with Gasteiger partial charge in [-0.1, -0.05) is 25.4 Å². The average molecular weight is 298 g/mol. The number of nitrogens with one attached hydrogen (secondary N) is 2. The zero-order valence-electron chi connectivity index (χ0n) is 11.7. The average Bonchev–Trinajstić information content (AvgIpc) is 2.36. The third kappa shape index (κ3) is 5.59. The summed E-state index contributed by atoms with van der Waals surface area (Å²) in [4.78, 5) is 22.9. The number of carbonyl (C=O) groups is 2. The fraction of sp³-hybridized carbons (Fsp3) is 0.429. The second-order valence-corrected chi connectivity index (χ2v) is 5.23. The molecule has 0 aliphatic rings. The van der Waals surface area contributed by atoms with Gasteiger partial charge in [0.1, 0.15) is 0 Å². The van der Waals surface area contributed by atoms with Crippen LogP contribution in [0.2, 0.25) is 5.02 Å². The van der Waals surface area contributed by atoms with Gasteiger partial charge in [-0.15, -0.1) is 0 Å². The summed E-state index contributed by atoms with van der Waals surface area (Å²) in [5.41, 5.74) is 5.91. The molecule has 20 heavy (non-hydrogen) atoms. The van der Waals surface area contributed by atoms with E-state index in [1.54, 1.807) is 6.07 Å². The summed E-state index contributed by atoms with van der Waals surface area (Å²) in [6.45, 7) is 4.90. The van der Waals surface area contributed by atoms with Crippen LogP contribution in [-0.4, -0.2) is 24.4 Å². The molecule has 5 nitrogen and oxygen atoms in total. The summed E-state index contributed by atoms with van der Waals surface area (Å²) in [5.74, 6) is -0.722. The van der Waals surface area contributed by atoms with Gasteiger partial charge in [-0.2, -0.15) is 0 Å². The number of benzene rings is 1. The highest BCUT2D eigenvalue weighted by Gasteiger charge is 2.09. The Labute approximate surface area is 123 Å². The Morgan fingerprint density at radius 1 is 1.35 bits per heavy atom. The van der Waals surface area contributed by atoms with E-state index < -0.39 is 5.91 Å². The number of amides is 2. The normalized spacial score (nSPS) is 10.6. The maximum atomic E-state index is 11.7. The molecule has 0 fully saturated rings. The van der Waals surface area contributed by atoms with Crippen LogP contribution in [0.5, 0.6) is 0 Å². The SMILES string of the molecule is CC(C)NCCCC(=O)Nc1ccc(Cl)c(C(N)=O)c1. The lowest BCUT2D eigenvalue weighted by Gasteiger charge is -2.09. The second kappa shape index (κ2) is 7.87. The Morgan fingerprint density at radius 3 is 2.65 bits per heavy atom. The number of hydrogen-bond acceptors (Lipinski definition) is 3. The van der Waals surface area contributed by atoms with Gasteiger partial charge in [-0.25, -0.2) is 0 Å². The lowest BCUT2D eigenvalue weighted by Crippen LogP contribution is -2.24. The van der Waals surface area contributed by atoms with Crippen molar-refractivity contribution in [1.82, 2.24) is 5.32 Å². The Morgan fingerprint density at radius 2 is 2.05 bits per heavy atom. The standard InChI is InChI=1S/C14H20ClN3O2/c1-9(2)17-7-3-4-13(19)18-10-5-6-12(15)11(8-10)14(16)20/h5-6,8-9,17H,3-4,7H2,1-2H3,(H2,16,20)(H,18,19). The molecule has 0 bridgehead atoms. The fourth-order valence-corrected chi connectivity index (χ4v) is 1.87. The van der Waals surface area contributed by atoms with Crippen molar-refractivity contribution < 1.29 is 9.59 Å². The maximum Gasteiger partial charge on any atom is 0.250 e. The molecular formula is C14H20ClN3O2. The molecule has 0 saturated carbocycles. The van der Waals surface area contributed by atoms with E-state index in [0.717, 1.165) is 13.0 Å². The molecule has 0 spiro atoms. The van der Waals surface area contributed by atoms with Crippen LogP contribution >= 0.6 is 11.6 Å². The summed E-state index contributed by atoms with van der Waals surface area (Å²) in [5, 5.41) is 6.23. The van der Waals surface area contributed by atoms with Crippen molar-refractivity contribution in [1.29, 1.82) is 0 Å². The maximum absolute atomic E-state index is 11.7.